The number of nitrogens with two attached hydrogens (primary N) is 1. The number of aryl methyl sites for hydroxylation is 1. The number of benzene rings is 1. The number of rotatable bonds is 2. The Morgan fingerprint density at radius 3 is 2.59 bits per heavy atom. The lowest BCUT2D eigenvalue weighted by molar-refractivity contribution is -0.00000345. The first-order chi connectivity index (χ1) is 7.58. The number of hydrogen-bond donors (Lipinski definition) is 1. The lowest BCUT2D eigenvalue weighted by Crippen LogP contribution is -3.00. The van der Waals surface area contributed by atoms with Gasteiger partial charge >= 0.3 is 0 Å². The predicted octanol–water partition coefficient (Wildman–Crippen LogP) is -0.103. The average molecular weight is 316 g/mol. The predicted molar refractivity (Wildman–Crippen MR) is 69.4 cm³/mol. The van der Waals surface area contributed by atoms with Crippen LogP contribution in [-0.4, -0.2) is 9.78 Å². The molecule has 1 aromatic heterocycles. The van der Waals surface area contributed by atoms with Gasteiger partial charge in [0.15, 0.2) is 0 Å². The van der Waals surface area contributed by atoms with Crippen LogP contribution in [0.2, 0.25) is 0 Å². The standard InChI is InChI=1S/C12H14BrN3.ClH/c1-8-12(13)9(2)16(15-8)7-10-4-3-5-11(14)6-10;/h3-6H,7,14H2,1-2H3;1H/p-1. The molecule has 0 atom stereocenters. The quantitative estimate of drug-likeness (QED) is 0.787. The molecule has 0 aliphatic rings. The number of anilines is 1. The highest BCUT2D eigenvalue weighted by molar-refractivity contribution is 9.10. The van der Waals surface area contributed by atoms with Crippen LogP contribution in [-0.2, 0) is 6.54 Å². The van der Waals surface area contributed by atoms with E-state index in [9.17, 15) is 0 Å². The molecule has 1 aromatic carbocycles. The molecule has 0 radical (unpaired) electrons. The molecule has 0 aliphatic carbocycles. The van der Waals surface area contributed by atoms with Crippen molar-refractivity contribution in [2.75, 3.05) is 5.73 Å². The molecule has 92 valence electrons. The van der Waals surface area contributed by atoms with Crippen molar-refractivity contribution in [1.29, 1.82) is 0 Å². The average Bonchev–Trinajstić information content (AvgIpc) is 2.47. The summed E-state index contributed by atoms with van der Waals surface area (Å²) < 4.78 is 3.06. The van der Waals surface area contributed by atoms with E-state index in [2.05, 4.69) is 34.0 Å². The van der Waals surface area contributed by atoms with E-state index >= 15 is 0 Å². The molecule has 2 rings (SSSR count). The highest BCUT2D eigenvalue weighted by Gasteiger charge is 2.08. The lowest BCUT2D eigenvalue weighted by Gasteiger charge is -2.05. The fourth-order valence-corrected chi connectivity index (χ4v) is 1.98. The van der Waals surface area contributed by atoms with E-state index in [0.29, 0.717) is 0 Å². The van der Waals surface area contributed by atoms with Crippen LogP contribution in [0.3, 0.4) is 0 Å². The van der Waals surface area contributed by atoms with Crippen molar-refractivity contribution in [2.24, 2.45) is 0 Å². The maximum atomic E-state index is 5.75. The molecule has 0 amide bonds. The molecular formula is C12H14BrClN3-. The first kappa shape index (κ1) is 14.1. The van der Waals surface area contributed by atoms with E-state index in [0.717, 1.165) is 33.7 Å². The first-order valence-electron chi connectivity index (χ1n) is 5.12. The topological polar surface area (TPSA) is 43.8 Å². The van der Waals surface area contributed by atoms with Gasteiger partial charge < -0.3 is 18.1 Å². The van der Waals surface area contributed by atoms with Crippen LogP contribution in [0.1, 0.15) is 17.0 Å². The fourth-order valence-electron chi connectivity index (χ4n) is 1.69. The van der Waals surface area contributed by atoms with Gasteiger partial charge in [-0.25, -0.2) is 0 Å². The Morgan fingerprint density at radius 2 is 2.06 bits per heavy atom. The van der Waals surface area contributed by atoms with Crippen LogP contribution < -0.4 is 18.1 Å². The summed E-state index contributed by atoms with van der Waals surface area (Å²) >= 11 is 3.52. The first-order valence-corrected chi connectivity index (χ1v) is 5.91. The molecule has 0 saturated carbocycles. The van der Waals surface area contributed by atoms with Crippen LogP contribution in [0.25, 0.3) is 0 Å². The largest absolute Gasteiger partial charge is 1.00 e. The van der Waals surface area contributed by atoms with Gasteiger partial charge in [-0.1, -0.05) is 12.1 Å². The van der Waals surface area contributed by atoms with E-state index in [1.54, 1.807) is 0 Å². The number of halogens is 2. The highest BCUT2D eigenvalue weighted by atomic mass is 79.9. The molecule has 0 unspecified atom stereocenters. The SMILES string of the molecule is Cc1nn(Cc2cccc(N)c2)c(C)c1Br.[Cl-]. The Balaban J connectivity index is 0.00000144. The van der Waals surface area contributed by atoms with Gasteiger partial charge in [-0.3, -0.25) is 4.68 Å². The van der Waals surface area contributed by atoms with Gasteiger partial charge in [0.2, 0.25) is 0 Å². The van der Waals surface area contributed by atoms with Crippen molar-refractivity contribution >= 4 is 21.6 Å². The lowest BCUT2D eigenvalue weighted by atomic mass is 10.2. The Kier molecular flexibility index (Phi) is 4.60. The summed E-state index contributed by atoms with van der Waals surface area (Å²) in [6, 6.07) is 7.89. The Bertz CT molecular complexity index is 522. The molecule has 3 nitrogen and oxygen atoms in total. The molecule has 0 bridgehead atoms. The molecule has 0 saturated heterocycles. The summed E-state index contributed by atoms with van der Waals surface area (Å²) in [4.78, 5) is 0. The maximum Gasteiger partial charge on any atom is 0.0738 e. The molecule has 0 spiro atoms. The number of nitrogens with zero attached hydrogens (tertiary/aromatic N) is 2. The second-order valence-corrected chi connectivity index (χ2v) is 4.68. The van der Waals surface area contributed by atoms with Gasteiger partial charge in [0.25, 0.3) is 0 Å². The summed E-state index contributed by atoms with van der Waals surface area (Å²) in [7, 11) is 0. The maximum absolute atomic E-state index is 5.75. The minimum atomic E-state index is 0. The van der Waals surface area contributed by atoms with Crippen molar-refractivity contribution in [3.63, 3.8) is 0 Å². The highest BCUT2D eigenvalue weighted by Crippen LogP contribution is 2.20. The molecular weight excluding hydrogens is 302 g/mol. The van der Waals surface area contributed by atoms with Crippen molar-refractivity contribution in [3.8, 4) is 0 Å². The van der Waals surface area contributed by atoms with Gasteiger partial charge in [-0.15, -0.1) is 0 Å². The zero-order valence-electron chi connectivity index (χ0n) is 9.74. The fraction of sp³-hybridized carbons (Fsp3) is 0.250. The molecule has 17 heavy (non-hydrogen) atoms. The second-order valence-electron chi connectivity index (χ2n) is 3.89. The van der Waals surface area contributed by atoms with E-state index in [-0.39, 0.29) is 12.4 Å². The Labute approximate surface area is 116 Å². The van der Waals surface area contributed by atoms with Crippen molar-refractivity contribution in [2.45, 2.75) is 20.4 Å². The zero-order valence-corrected chi connectivity index (χ0v) is 12.1. The molecule has 1 heterocycles. The van der Waals surface area contributed by atoms with Crippen LogP contribution in [0.5, 0.6) is 0 Å². The summed E-state index contributed by atoms with van der Waals surface area (Å²) in [6.45, 7) is 4.80. The number of aromatic nitrogens is 2. The number of nitrogen functional groups attached to an aromatic ring is 1. The summed E-state index contributed by atoms with van der Waals surface area (Å²) in [5.41, 5.74) is 9.86. The molecule has 2 aromatic rings. The van der Waals surface area contributed by atoms with Crippen LogP contribution in [0.15, 0.2) is 28.7 Å². The third-order valence-corrected chi connectivity index (χ3v) is 3.72. The van der Waals surface area contributed by atoms with Gasteiger partial charge in [-0.2, -0.15) is 5.10 Å². The van der Waals surface area contributed by atoms with Gasteiger partial charge in [0.1, 0.15) is 0 Å². The van der Waals surface area contributed by atoms with Crippen molar-refractivity contribution in [3.05, 3.63) is 45.7 Å². The van der Waals surface area contributed by atoms with Gasteiger partial charge in [0, 0.05) is 5.69 Å². The van der Waals surface area contributed by atoms with E-state index < -0.39 is 0 Å². The third-order valence-electron chi connectivity index (χ3n) is 2.58. The van der Waals surface area contributed by atoms with Crippen LogP contribution in [0.4, 0.5) is 5.69 Å². The van der Waals surface area contributed by atoms with E-state index in [1.807, 2.05) is 29.8 Å². The molecule has 5 heteroatoms. The van der Waals surface area contributed by atoms with Gasteiger partial charge in [0.05, 0.1) is 22.4 Å². The Hall–Kier alpha value is -1.00. The van der Waals surface area contributed by atoms with Crippen molar-refractivity contribution in [1.82, 2.24) is 9.78 Å². The van der Waals surface area contributed by atoms with E-state index in [4.69, 9.17) is 5.73 Å². The van der Waals surface area contributed by atoms with E-state index in [1.165, 1.54) is 0 Å². The third kappa shape index (κ3) is 3.01. The summed E-state index contributed by atoms with van der Waals surface area (Å²) in [5.74, 6) is 0. The second kappa shape index (κ2) is 5.56. The minimum absolute atomic E-state index is 0. The van der Waals surface area contributed by atoms with Crippen LogP contribution in [0, 0.1) is 13.8 Å². The zero-order chi connectivity index (χ0) is 11.7. The smallest absolute Gasteiger partial charge is 0.0738 e. The molecule has 0 fully saturated rings. The monoisotopic (exact) mass is 314 g/mol. The molecule has 2 N–H and O–H groups in total. The van der Waals surface area contributed by atoms with Gasteiger partial charge in [-0.05, 0) is 47.5 Å². The summed E-state index contributed by atoms with van der Waals surface area (Å²) in [5, 5.41) is 4.46. The number of hydrogen-bond acceptors (Lipinski definition) is 2. The van der Waals surface area contributed by atoms with Crippen LogP contribution >= 0.6 is 15.9 Å². The summed E-state index contributed by atoms with van der Waals surface area (Å²) in [6.07, 6.45) is 0. The molecule has 0 aliphatic heterocycles. The normalized spacial score (nSPS) is 10.1. The Morgan fingerprint density at radius 1 is 1.35 bits per heavy atom. The van der Waals surface area contributed by atoms with Crippen molar-refractivity contribution < 1.29 is 12.4 Å². The minimum Gasteiger partial charge on any atom is -1.00 e.